The van der Waals surface area contributed by atoms with E-state index in [0.29, 0.717) is 6.42 Å². The Bertz CT molecular complexity index is 184. The van der Waals surface area contributed by atoms with Gasteiger partial charge in [-0.25, -0.2) is 4.57 Å². The lowest BCUT2D eigenvalue weighted by Crippen LogP contribution is -2.17. The van der Waals surface area contributed by atoms with Gasteiger partial charge in [0.15, 0.2) is 0 Å². The minimum Gasteiger partial charge on any atom is -0.349 e. The number of rotatable bonds is 4. The Balaban J connectivity index is 0. The van der Waals surface area contributed by atoms with E-state index < -0.39 is 13.2 Å². The number of hydrogen-bond acceptors (Lipinski definition) is 4. The molecule has 0 rings (SSSR count). The van der Waals surface area contributed by atoms with E-state index in [1.54, 1.807) is 6.92 Å². The second kappa shape index (κ2) is 6.14. The van der Waals surface area contributed by atoms with Crippen molar-refractivity contribution in [2.24, 2.45) is 0 Å². The van der Waals surface area contributed by atoms with Gasteiger partial charge in [-0.05, 0) is 6.42 Å². The van der Waals surface area contributed by atoms with Crippen LogP contribution >= 0.6 is 7.60 Å². The Morgan fingerprint density at radius 2 is 2.17 bits per heavy atom. The van der Waals surface area contributed by atoms with Crippen LogP contribution < -0.4 is 11.5 Å². The molecule has 12 heavy (non-hydrogen) atoms. The number of amides is 1. The average Bonchev–Trinajstić information content (AvgIpc) is 1.99. The van der Waals surface area contributed by atoms with Gasteiger partial charge in [0.25, 0.3) is 0 Å². The van der Waals surface area contributed by atoms with Crippen molar-refractivity contribution in [1.29, 1.82) is 0 Å². The zero-order chi connectivity index (χ0) is 8.91. The predicted octanol–water partition coefficient (Wildman–Crippen LogP) is 1.10. The largest absolute Gasteiger partial charge is 0.415 e. The van der Waals surface area contributed by atoms with Crippen molar-refractivity contribution >= 4 is 13.2 Å². The lowest BCUT2D eigenvalue weighted by molar-refractivity contribution is 0.231. The maximum absolute atomic E-state index is 10.8. The third kappa shape index (κ3) is 4.46. The Kier molecular flexibility index (Phi) is 7.22. The number of carbonyl (C=O) groups excluding carboxylic acids is 1. The second-order valence-electron chi connectivity index (χ2n) is 1.91. The summed E-state index contributed by atoms with van der Waals surface area (Å²) in [4.78, 5) is 19.4. The molecule has 1 atom stereocenters. The van der Waals surface area contributed by atoms with Crippen LogP contribution in [0, 0.1) is 0 Å². The third-order valence-electron chi connectivity index (χ3n) is 0.941. The van der Waals surface area contributed by atoms with E-state index in [9.17, 15) is 9.36 Å². The molecule has 6 nitrogen and oxygen atoms in total. The van der Waals surface area contributed by atoms with Crippen molar-refractivity contribution in [3.8, 4) is 0 Å². The highest BCUT2D eigenvalue weighted by atomic mass is 31.2. The first-order valence-corrected chi connectivity index (χ1v) is 4.82. The third-order valence-corrected chi connectivity index (χ3v) is 2.21. The zero-order valence-corrected chi connectivity index (χ0v) is 8.13. The van der Waals surface area contributed by atoms with Gasteiger partial charge in [-0.2, -0.15) is 0 Å². The van der Waals surface area contributed by atoms with E-state index in [1.165, 1.54) is 7.05 Å². The smallest absolute Gasteiger partial charge is 0.349 e. The molecule has 5 N–H and O–H groups in total. The lowest BCUT2D eigenvalue weighted by Gasteiger charge is -2.08. The molecule has 0 saturated carbocycles. The molecule has 0 aromatic carbocycles. The van der Waals surface area contributed by atoms with E-state index in [0.717, 1.165) is 0 Å². The van der Waals surface area contributed by atoms with Crippen LogP contribution in [0.4, 0.5) is 4.79 Å². The quantitative estimate of drug-likeness (QED) is 0.585. The first-order valence-electron chi connectivity index (χ1n) is 3.24. The molecular weight excluding hydrogens is 183 g/mol. The Morgan fingerprint density at radius 1 is 1.67 bits per heavy atom. The molecule has 0 spiro atoms. The summed E-state index contributed by atoms with van der Waals surface area (Å²) in [6, 6.07) is 0. The fraction of sp³-hybridized carbons (Fsp3) is 0.800. The molecule has 0 aliphatic carbocycles. The van der Waals surface area contributed by atoms with Crippen molar-refractivity contribution < 1.29 is 18.8 Å². The van der Waals surface area contributed by atoms with Gasteiger partial charge in [0, 0.05) is 7.05 Å². The topological polar surface area (TPSA) is 111 Å². The van der Waals surface area contributed by atoms with Crippen LogP contribution in [0.1, 0.15) is 13.3 Å². The molecule has 0 aromatic heterocycles. The molecule has 0 aliphatic rings. The fourth-order valence-corrected chi connectivity index (χ4v) is 1.24. The van der Waals surface area contributed by atoms with Crippen LogP contribution in [-0.2, 0) is 9.09 Å². The molecule has 0 aromatic rings. The van der Waals surface area contributed by atoms with E-state index in [4.69, 9.17) is 4.89 Å². The van der Waals surface area contributed by atoms with E-state index in [1.807, 2.05) is 5.32 Å². The molecule has 74 valence electrons. The highest BCUT2D eigenvalue weighted by molar-refractivity contribution is 7.70. The minimum absolute atomic E-state index is 0. The summed E-state index contributed by atoms with van der Waals surface area (Å²) >= 11 is 0. The van der Waals surface area contributed by atoms with Crippen LogP contribution in [0.2, 0.25) is 0 Å². The van der Waals surface area contributed by atoms with E-state index in [2.05, 4.69) is 4.52 Å². The van der Waals surface area contributed by atoms with Crippen molar-refractivity contribution in [3.05, 3.63) is 0 Å². The zero-order valence-electron chi connectivity index (χ0n) is 7.24. The highest BCUT2D eigenvalue weighted by Gasteiger charge is 2.28. The maximum atomic E-state index is 10.8. The van der Waals surface area contributed by atoms with Crippen LogP contribution in [-0.4, -0.2) is 24.2 Å². The number of nitrogens with one attached hydrogen (secondary N) is 1. The molecule has 0 aliphatic heterocycles. The molecule has 0 bridgehead atoms. The minimum atomic E-state index is -4.05. The van der Waals surface area contributed by atoms with Gasteiger partial charge in [-0.15, -0.1) is 0 Å². The number of hydrogen-bond donors (Lipinski definition) is 3. The van der Waals surface area contributed by atoms with E-state index >= 15 is 0 Å². The fourth-order valence-electron chi connectivity index (χ4n) is 0.415. The summed E-state index contributed by atoms with van der Waals surface area (Å²) in [5.41, 5.74) is -0.967. The standard InChI is InChI=1S/C5H12NO4P.H3N/c1-3-4-10-11(8,9)5(7)6-2;/h3-4H2,1-2H3,(H,6,7)(H,8,9);1H3. The first kappa shape index (κ1) is 14.1. The first-order chi connectivity index (χ1) is 5.04. The van der Waals surface area contributed by atoms with Gasteiger partial charge in [-0.3, -0.25) is 4.79 Å². The van der Waals surface area contributed by atoms with Gasteiger partial charge < -0.3 is 20.9 Å². The summed E-state index contributed by atoms with van der Waals surface area (Å²) in [6.45, 7) is 1.89. The summed E-state index contributed by atoms with van der Waals surface area (Å²) in [5, 5.41) is 2.04. The van der Waals surface area contributed by atoms with Crippen LogP contribution in [0.15, 0.2) is 0 Å². The summed E-state index contributed by atoms with van der Waals surface area (Å²) < 4.78 is 15.3. The van der Waals surface area contributed by atoms with Gasteiger partial charge >= 0.3 is 13.2 Å². The van der Waals surface area contributed by atoms with Gasteiger partial charge in [-0.1, -0.05) is 6.92 Å². The van der Waals surface area contributed by atoms with Crippen LogP contribution in [0.3, 0.4) is 0 Å². The van der Waals surface area contributed by atoms with Crippen molar-refractivity contribution in [1.82, 2.24) is 11.5 Å². The van der Waals surface area contributed by atoms with Crippen LogP contribution in [0.5, 0.6) is 0 Å². The van der Waals surface area contributed by atoms with Crippen molar-refractivity contribution in [2.75, 3.05) is 13.7 Å². The molecular formula is C5H15N2O4P. The molecule has 1 amide bonds. The molecule has 0 heterocycles. The van der Waals surface area contributed by atoms with Crippen molar-refractivity contribution in [2.45, 2.75) is 13.3 Å². The summed E-state index contributed by atoms with van der Waals surface area (Å²) in [7, 11) is -2.77. The van der Waals surface area contributed by atoms with Gasteiger partial charge in [0.1, 0.15) is 0 Å². The molecule has 0 saturated heterocycles. The van der Waals surface area contributed by atoms with E-state index in [-0.39, 0.29) is 12.8 Å². The summed E-state index contributed by atoms with van der Waals surface area (Å²) in [5.74, 6) is 0. The number of carbonyl (C=O) groups is 1. The molecule has 0 radical (unpaired) electrons. The maximum Gasteiger partial charge on any atom is 0.415 e. The SMILES string of the molecule is CCCOP(=O)(O)C(=O)NC.N. The Labute approximate surface area is 71.4 Å². The predicted molar refractivity (Wildman–Crippen MR) is 45.5 cm³/mol. The van der Waals surface area contributed by atoms with Crippen molar-refractivity contribution in [3.63, 3.8) is 0 Å². The van der Waals surface area contributed by atoms with Crippen LogP contribution in [0.25, 0.3) is 0 Å². The van der Waals surface area contributed by atoms with Gasteiger partial charge in [0.2, 0.25) is 0 Å². The molecule has 0 fully saturated rings. The lowest BCUT2D eigenvalue weighted by atomic mass is 10.5. The second-order valence-corrected chi connectivity index (χ2v) is 3.61. The Morgan fingerprint density at radius 3 is 2.50 bits per heavy atom. The Hall–Kier alpha value is -0.420. The average molecular weight is 198 g/mol. The summed E-state index contributed by atoms with van der Waals surface area (Å²) in [6.07, 6.45) is 0.599. The van der Waals surface area contributed by atoms with Gasteiger partial charge in [0.05, 0.1) is 6.61 Å². The normalized spacial score (nSPS) is 14.2. The molecule has 7 heteroatoms. The molecule has 1 unspecified atom stereocenters. The highest BCUT2D eigenvalue weighted by Crippen LogP contribution is 2.42. The monoisotopic (exact) mass is 198 g/mol.